The van der Waals surface area contributed by atoms with Crippen molar-refractivity contribution in [1.29, 1.82) is 0 Å². The van der Waals surface area contributed by atoms with E-state index in [0.717, 1.165) is 37.8 Å². The summed E-state index contributed by atoms with van der Waals surface area (Å²) < 4.78 is 5.10. The molecule has 0 spiro atoms. The molecule has 0 aromatic heterocycles. The zero-order valence-corrected chi connectivity index (χ0v) is 14.7. The second-order valence-electron chi connectivity index (χ2n) is 5.30. The fraction of sp³-hybridized carbons (Fsp3) is 0.500. The van der Waals surface area contributed by atoms with Crippen molar-refractivity contribution < 1.29 is 29.3 Å². The minimum Gasteiger partial charge on any atom is -0.478 e. The highest BCUT2D eigenvalue weighted by Crippen LogP contribution is 2.13. The maximum Gasteiger partial charge on any atom is 0.337 e. The molecule has 0 fully saturated rings. The van der Waals surface area contributed by atoms with Crippen LogP contribution in [0.4, 0.5) is 0 Å². The van der Waals surface area contributed by atoms with E-state index in [1.165, 1.54) is 6.92 Å². The predicted molar refractivity (Wildman–Crippen MR) is 92.6 cm³/mol. The Morgan fingerprint density at radius 1 is 1.12 bits per heavy atom. The number of carboxylic acids is 2. The summed E-state index contributed by atoms with van der Waals surface area (Å²) in [6.07, 6.45) is 6.27. The van der Waals surface area contributed by atoms with Crippen LogP contribution in [-0.2, 0) is 19.1 Å². The Morgan fingerprint density at radius 2 is 1.67 bits per heavy atom. The number of hydrogen-bond donors (Lipinski definition) is 2. The second-order valence-corrected chi connectivity index (χ2v) is 5.30. The molecule has 0 aliphatic carbocycles. The summed E-state index contributed by atoms with van der Waals surface area (Å²) in [7, 11) is 0. The number of unbranched alkanes of at least 4 members (excludes halogenated alkanes) is 1. The van der Waals surface area contributed by atoms with Gasteiger partial charge in [-0.05, 0) is 25.3 Å². The van der Waals surface area contributed by atoms with E-state index in [9.17, 15) is 14.4 Å². The van der Waals surface area contributed by atoms with Gasteiger partial charge < -0.3 is 14.9 Å². The van der Waals surface area contributed by atoms with Gasteiger partial charge in [0.25, 0.3) is 0 Å². The van der Waals surface area contributed by atoms with Gasteiger partial charge >= 0.3 is 17.9 Å². The molecule has 0 bridgehead atoms. The van der Waals surface area contributed by atoms with Crippen molar-refractivity contribution in [2.24, 2.45) is 5.92 Å². The van der Waals surface area contributed by atoms with Crippen molar-refractivity contribution in [3.8, 4) is 0 Å². The maximum atomic E-state index is 11.5. The van der Waals surface area contributed by atoms with Crippen molar-refractivity contribution in [3.05, 3.63) is 36.5 Å². The van der Waals surface area contributed by atoms with E-state index >= 15 is 0 Å². The molecule has 24 heavy (non-hydrogen) atoms. The van der Waals surface area contributed by atoms with Crippen LogP contribution in [0.2, 0.25) is 0 Å². The highest BCUT2D eigenvalue weighted by Gasteiger charge is 2.11. The molecule has 2 N–H and O–H groups in total. The Hall–Kier alpha value is -2.37. The summed E-state index contributed by atoms with van der Waals surface area (Å²) in [4.78, 5) is 31.4. The molecule has 0 amide bonds. The molecular formula is C18H28O6. The van der Waals surface area contributed by atoms with E-state index in [1.807, 2.05) is 0 Å². The maximum absolute atomic E-state index is 11.5. The molecule has 6 nitrogen and oxygen atoms in total. The third-order valence-electron chi connectivity index (χ3n) is 3.05. The Kier molecular flexibility index (Phi) is 14.2. The van der Waals surface area contributed by atoms with E-state index < -0.39 is 17.9 Å². The van der Waals surface area contributed by atoms with Gasteiger partial charge in [0, 0.05) is 11.6 Å². The fourth-order valence-electron chi connectivity index (χ4n) is 1.42. The van der Waals surface area contributed by atoms with Crippen LogP contribution in [0.15, 0.2) is 36.5 Å². The lowest BCUT2D eigenvalue weighted by Crippen LogP contribution is -2.14. The molecule has 0 heterocycles. The van der Waals surface area contributed by atoms with Gasteiger partial charge in [-0.3, -0.25) is 0 Å². The van der Waals surface area contributed by atoms with Crippen LogP contribution in [0.25, 0.3) is 0 Å². The number of rotatable bonds is 10. The first kappa shape index (κ1) is 23.9. The van der Waals surface area contributed by atoms with Crippen LogP contribution in [0.5, 0.6) is 0 Å². The number of ether oxygens (including phenoxy) is 1. The quantitative estimate of drug-likeness (QED) is 0.358. The Morgan fingerprint density at radius 3 is 2.04 bits per heavy atom. The van der Waals surface area contributed by atoms with E-state index in [4.69, 9.17) is 14.9 Å². The summed E-state index contributed by atoms with van der Waals surface area (Å²) in [6.45, 7) is 12.6. The lowest BCUT2D eigenvalue weighted by Gasteiger charge is -2.14. The number of carboxylic acid groups (broad SMARTS) is 2. The Balaban J connectivity index is 0. The van der Waals surface area contributed by atoms with Crippen molar-refractivity contribution in [2.45, 2.75) is 46.5 Å². The van der Waals surface area contributed by atoms with Crippen molar-refractivity contribution in [3.63, 3.8) is 0 Å². The van der Waals surface area contributed by atoms with Gasteiger partial charge in [-0.1, -0.05) is 46.3 Å². The average molecular weight is 340 g/mol. The molecular weight excluding hydrogens is 312 g/mol. The topological polar surface area (TPSA) is 101 Å². The molecule has 1 atom stereocenters. The highest BCUT2D eigenvalue weighted by molar-refractivity contribution is 5.93. The summed E-state index contributed by atoms with van der Waals surface area (Å²) >= 11 is 0. The number of hydrogen-bond acceptors (Lipinski definition) is 4. The van der Waals surface area contributed by atoms with E-state index in [-0.39, 0.29) is 11.1 Å². The lowest BCUT2D eigenvalue weighted by molar-refractivity contribution is -0.140. The summed E-state index contributed by atoms with van der Waals surface area (Å²) in [6, 6.07) is 0. The predicted octanol–water partition coefficient (Wildman–Crippen LogP) is 3.59. The van der Waals surface area contributed by atoms with Crippen molar-refractivity contribution in [1.82, 2.24) is 0 Å². The molecule has 0 aromatic rings. The van der Waals surface area contributed by atoms with Gasteiger partial charge in [0.15, 0.2) is 0 Å². The van der Waals surface area contributed by atoms with Gasteiger partial charge in [-0.25, -0.2) is 14.4 Å². The van der Waals surface area contributed by atoms with Crippen LogP contribution in [0.1, 0.15) is 46.5 Å². The third kappa shape index (κ3) is 14.6. The monoisotopic (exact) mass is 340 g/mol. The molecule has 0 aliphatic rings. The first-order chi connectivity index (χ1) is 11.1. The van der Waals surface area contributed by atoms with Crippen LogP contribution in [0.3, 0.4) is 0 Å². The Bertz CT molecular complexity index is 464. The SMILES string of the molecule is C=C(C)C(=O)O.C=C(C=CC(=O)O)C(=O)OCC(CC)CCCC. The summed E-state index contributed by atoms with van der Waals surface area (Å²) in [5, 5.41) is 16.3. The number of esters is 1. The van der Waals surface area contributed by atoms with Crippen molar-refractivity contribution in [2.75, 3.05) is 6.61 Å². The third-order valence-corrected chi connectivity index (χ3v) is 3.05. The zero-order valence-electron chi connectivity index (χ0n) is 14.7. The van der Waals surface area contributed by atoms with Gasteiger partial charge in [-0.15, -0.1) is 0 Å². The number of carbonyl (C=O) groups is 3. The molecule has 0 rings (SSSR count). The molecule has 1 unspecified atom stereocenters. The van der Waals surface area contributed by atoms with Crippen LogP contribution in [0, 0.1) is 5.92 Å². The van der Waals surface area contributed by atoms with Gasteiger partial charge in [-0.2, -0.15) is 0 Å². The largest absolute Gasteiger partial charge is 0.478 e. The molecule has 0 aliphatic heterocycles. The second kappa shape index (κ2) is 14.2. The van der Waals surface area contributed by atoms with E-state index in [1.54, 1.807) is 0 Å². The first-order valence-corrected chi connectivity index (χ1v) is 7.81. The Labute approximate surface area is 143 Å². The molecule has 0 saturated carbocycles. The first-order valence-electron chi connectivity index (χ1n) is 7.81. The van der Waals surface area contributed by atoms with E-state index in [0.29, 0.717) is 12.5 Å². The highest BCUT2D eigenvalue weighted by atomic mass is 16.5. The zero-order chi connectivity index (χ0) is 19.1. The minimum atomic E-state index is -1.11. The lowest BCUT2D eigenvalue weighted by atomic mass is 10.0. The molecule has 6 heteroatoms. The van der Waals surface area contributed by atoms with Gasteiger partial charge in [0.1, 0.15) is 0 Å². The molecule has 136 valence electrons. The van der Waals surface area contributed by atoms with E-state index in [2.05, 4.69) is 27.0 Å². The van der Waals surface area contributed by atoms with Gasteiger partial charge in [0.2, 0.25) is 0 Å². The fourth-order valence-corrected chi connectivity index (χ4v) is 1.42. The van der Waals surface area contributed by atoms with Crippen LogP contribution in [-0.4, -0.2) is 34.7 Å². The normalized spacial score (nSPS) is 11.1. The van der Waals surface area contributed by atoms with Crippen LogP contribution >= 0.6 is 0 Å². The number of aliphatic carboxylic acids is 2. The number of carbonyl (C=O) groups excluding carboxylic acids is 1. The minimum absolute atomic E-state index is 0.0581. The van der Waals surface area contributed by atoms with Crippen molar-refractivity contribution >= 4 is 17.9 Å². The average Bonchev–Trinajstić information content (AvgIpc) is 2.52. The van der Waals surface area contributed by atoms with Crippen LogP contribution < -0.4 is 0 Å². The molecule has 0 aromatic carbocycles. The smallest absolute Gasteiger partial charge is 0.337 e. The summed E-state index contributed by atoms with van der Waals surface area (Å²) in [5.74, 6) is -2.24. The van der Waals surface area contributed by atoms with Gasteiger partial charge in [0.05, 0.1) is 12.2 Å². The summed E-state index contributed by atoms with van der Waals surface area (Å²) in [5.41, 5.74) is 0.234. The standard InChI is InChI=1S/C14H22O4.C4H6O2/c1-4-6-7-12(5-2)10-18-14(17)11(3)8-9-13(15)16;1-3(2)4(5)6/h8-9,12H,3-7,10H2,1-2H3,(H,15,16);1H2,2H3,(H,5,6). The molecule has 0 saturated heterocycles. The molecule has 0 radical (unpaired) electrons.